The zero-order chi connectivity index (χ0) is 26.5. The molecule has 1 aromatic carbocycles. The molecule has 0 aliphatic heterocycles. The minimum absolute atomic E-state index is 0.0893. The number of hydrogen-bond donors (Lipinski definition) is 2. The molecular weight excluding hydrogens is 477 g/mol. The van der Waals surface area contributed by atoms with Crippen molar-refractivity contribution in [2.75, 3.05) is 13.7 Å². The molecule has 0 saturated heterocycles. The Morgan fingerprint density at radius 1 is 1.11 bits per heavy atom. The normalized spacial score (nSPS) is 11.5. The van der Waals surface area contributed by atoms with Crippen molar-refractivity contribution in [3.8, 4) is 0 Å². The fourth-order valence-electron chi connectivity index (χ4n) is 3.95. The van der Waals surface area contributed by atoms with Gasteiger partial charge in [-0.15, -0.1) is 0 Å². The summed E-state index contributed by atoms with van der Waals surface area (Å²) in [6.07, 6.45) is -1.62. The summed E-state index contributed by atoms with van der Waals surface area (Å²) in [6, 6.07) is 14.5. The van der Waals surface area contributed by atoms with Crippen LogP contribution in [0.5, 0.6) is 0 Å². The number of carboxylic acid groups (broad SMARTS) is 1. The van der Waals surface area contributed by atoms with E-state index < -0.39 is 12.1 Å². The molecule has 8 nitrogen and oxygen atoms in total. The number of benzene rings is 1. The third-order valence-electron chi connectivity index (χ3n) is 5.47. The molecule has 4 rings (SSSR count). The Labute approximate surface area is 205 Å². The van der Waals surface area contributed by atoms with Crippen molar-refractivity contribution in [3.63, 3.8) is 0 Å². The maximum atomic E-state index is 13.1. The van der Waals surface area contributed by atoms with Crippen molar-refractivity contribution < 1.29 is 32.6 Å². The Hall–Kier alpha value is -3.86. The summed E-state index contributed by atoms with van der Waals surface area (Å²) in [6.45, 7) is 5.95. The van der Waals surface area contributed by atoms with Crippen LogP contribution in [0.4, 0.5) is 13.2 Å². The number of halogens is 3. The summed E-state index contributed by atoms with van der Waals surface area (Å²) in [5, 5.41) is 11.3. The lowest BCUT2D eigenvalue weighted by Crippen LogP contribution is -2.26. The molecule has 1 amide bonds. The second-order valence-electron chi connectivity index (χ2n) is 8.23. The number of carbonyl (C=O) groups excluding carboxylic acids is 1. The number of carboxylic acids is 1. The SMILES string of the molecule is COCCn1c(C(=O)NCc2ccncc2)cc2c1c1ccccc1n2C(C)C.O=C(O)C(F)(F)F. The van der Waals surface area contributed by atoms with Gasteiger partial charge in [0.05, 0.1) is 23.2 Å². The molecule has 0 unspecified atom stereocenters. The van der Waals surface area contributed by atoms with Gasteiger partial charge in [0.2, 0.25) is 0 Å². The van der Waals surface area contributed by atoms with Gasteiger partial charge in [-0.3, -0.25) is 9.78 Å². The fraction of sp³-hybridized carbons (Fsp3) is 0.320. The summed E-state index contributed by atoms with van der Waals surface area (Å²) in [7, 11) is 1.68. The fourth-order valence-corrected chi connectivity index (χ4v) is 3.95. The van der Waals surface area contributed by atoms with Crippen LogP contribution in [0.2, 0.25) is 0 Å². The van der Waals surface area contributed by atoms with Crippen LogP contribution < -0.4 is 5.32 Å². The Kier molecular flexibility index (Phi) is 8.36. The van der Waals surface area contributed by atoms with E-state index in [0.717, 1.165) is 22.0 Å². The second kappa shape index (κ2) is 11.3. The van der Waals surface area contributed by atoms with Crippen LogP contribution in [0.15, 0.2) is 54.9 Å². The van der Waals surface area contributed by atoms with Gasteiger partial charge in [-0.25, -0.2) is 4.79 Å². The molecule has 0 fully saturated rings. The Morgan fingerprint density at radius 2 is 1.75 bits per heavy atom. The molecule has 192 valence electrons. The molecule has 0 bridgehead atoms. The molecule has 0 saturated carbocycles. The first-order valence-corrected chi connectivity index (χ1v) is 11.1. The van der Waals surface area contributed by atoms with Crippen LogP contribution in [0, 0.1) is 0 Å². The van der Waals surface area contributed by atoms with Crippen LogP contribution in [-0.2, 0) is 22.6 Å². The van der Waals surface area contributed by atoms with Gasteiger partial charge in [0.25, 0.3) is 5.91 Å². The van der Waals surface area contributed by atoms with E-state index in [4.69, 9.17) is 14.6 Å². The molecule has 11 heteroatoms. The van der Waals surface area contributed by atoms with Gasteiger partial charge in [0, 0.05) is 44.0 Å². The molecule has 2 N–H and O–H groups in total. The summed E-state index contributed by atoms with van der Waals surface area (Å²) >= 11 is 0. The topological polar surface area (TPSA) is 98.4 Å². The molecule has 3 heterocycles. The number of hydrogen-bond acceptors (Lipinski definition) is 4. The lowest BCUT2D eigenvalue weighted by atomic mass is 10.2. The van der Waals surface area contributed by atoms with Gasteiger partial charge < -0.3 is 24.3 Å². The highest BCUT2D eigenvalue weighted by Gasteiger charge is 2.38. The number of nitrogens with one attached hydrogen (secondary N) is 1. The molecule has 0 spiro atoms. The van der Waals surface area contributed by atoms with Gasteiger partial charge in [-0.1, -0.05) is 18.2 Å². The zero-order valence-electron chi connectivity index (χ0n) is 20.0. The number of pyridine rings is 1. The molecule has 0 atom stereocenters. The highest BCUT2D eigenvalue weighted by atomic mass is 19.4. The molecule has 36 heavy (non-hydrogen) atoms. The summed E-state index contributed by atoms with van der Waals surface area (Å²) in [5.41, 5.74) is 5.01. The van der Waals surface area contributed by atoms with Gasteiger partial charge in [-0.05, 0) is 43.7 Å². The van der Waals surface area contributed by atoms with E-state index in [2.05, 4.69) is 51.5 Å². The van der Waals surface area contributed by atoms with E-state index in [1.165, 1.54) is 5.52 Å². The quantitative estimate of drug-likeness (QED) is 0.378. The number of rotatable bonds is 7. The zero-order valence-corrected chi connectivity index (χ0v) is 20.0. The van der Waals surface area contributed by atoms with E-state index in [-0.39, 0.29) is 11.9 Å². The third-order valence-corrected chi connectivity index (χ3v) is 5.47. The maximum absolute atomic E-state index is 13.1. The first-order chi connectivity index (χ1) is 17.1. The van der Waals surface area contributed by atoms with Crippen LogP contribution in [0.3, 0.4) is 0 Å². The first-order valence-electron chi connectivity index (χ1n) is 11.1. The van der Waals surface area contributed by atoms with Gasteiger partial charge >= 0.3 is 12.1 Å². The first kappa shape index (κ1) is 26.7. The number of aliphatic carboxylic acids is 1. The lowest BCUT2D eigenvalue weighted by molar-refractivity contribution is -0.192. The highest BCUT2D eigenvalue weighted by Crippen LogP contribution is 2.34. The summed E-state index contributed by atoms with van der Waals surface area (Å²) in [5.74, 6) is -2.85. The largest absolute Gasteiger partial charge is 0.490 e. The van der Waals surface area contributed by atoms with Crippen molar-refractivity contribution in [1.29, 1.82) is 0 Å². The second-order valence-corrected chi connectivity index (χ2v) is 8.23. The van der Waals surface area contributed by atoms with Crippen molar-refractivity contribution >= 4 is 33.8 Å². The monoisotopic (exact) mass is 504 g/mol. The van der Waals surface area contributed by atoms with Crippen molar-refractivity contribution in [2.45, 2.75) is 39.2 Å². The maximum Gasteiger partial charge on any atom is 0.490 e. The number of aromatic nitrogens is 3. The van der Waals surface area contributed by atoms with Crippen LogP contribution in [0.1, 0.15) is 35.9 Å². The number of methoxy groups -OCH3 is 1. The Balaban J connectivity index is 0.000000454. The number of carbonyl (C=O) groups is 2. The van der Waals surface area contributed by atoms with E-state index in [1.54, 1.807) is 19.5 Å². The van der Waals surface area contributed by atoms with E-state index >= 15 is 0 Å². The molecular formula is C25H27F3N4O4. The van der Waals surface area contributed by atoms with Gasteiger partial charge in [0.15, 0.2) is 0 Å². The average molecular weight is 505 g/mol. The minimum Gasteiger partial charge on any atom is -0.475 e. The van der Waals surface area contributed by atoms with Crippen LogP contribution in [0.25, 0.3) is 21.9 Å². The van der Waals surface area contributed by atoms with E-state index in [9.17, 15) is 18.0 Å². The van der Waals surface area contributed by atoms with Crippen molar-refractivity contribution in [3.05, 3.63) is 66.1 Å². The third kappa shape index (κ3) is 5.85. The number of amides is 1. The van der Waals surface area contributed by atoms with Crippen LogP contribution in [-0.4, -0.2) is 51.0 Å². The Morgan fingerprint density at radius 3 is 2.33 bits per heavy atom. The standard InChI is InChI=1S/C23H26N4O2.C2HF3O2/c1-16(2)27-19-7-5-4-6-18(19)22-20(27)14-21(26(22)12-13-29-3)23(28)25-15-17-8-10-24-11-9-17;3-2(4,5)1(6)7/h4-11,14,16H,12-13,15H2,1-3H3,(H,25,28);(H,6,7). The van der Waals surface area contributed by atoms with Gasteiger partial charge in [-0.2, -0.15) is 13.2 Å². The average Bonchev–Trinajstić information content (AvgIpc) is 3.36. The number of nitrogens with zero attached hydrogens (tertiary/aromatic N) is 3. The highest BCUT2D eigenvalue weighted by molar-refractivity contribution is 6.10. The smallest absolute Gasteiger partial charge is 0.475 e. The number of alkyl halides is 3. The lowest BCUT2D eigenvalue weighted by Gasteiger charge is -2.11. The summed E-state index contributed by atoms with van der Waals surface area (Å²) < 4.78 is 41.4. The van der Waals surface area contributed by atoms with Crippen molar-refractivity contribution in [1.82, 2.24) is 19.4 Å². The van der Waals surface area contributed by atoms with Crippen molar-refractivity contribution in [2.24, 2.45) is 0 Å². The molecule has 0 aliphatic carbocycles. The van der Waals surface area contributed by atoms with E-state index in [0.29, 0.717) is 25.4 Å². The minimum atomic E-state index is -5.08. The summed E-state index contributed by atoms with van der Waals surface area (Å²) in [4.78, 5) is 26.0. The number of fused-ring (bicyclic) bond motifs is 3. The van der Waals surface area contributed by atoms with Crippen LogP contribution >= 0.6 is 0 Å². The Bertz CT molecular complexity index is 1340. The predicted octanol–water partition coefficient (Wildman–Crippen LogP) is 4.78. The number of ether oxygens (including phenoxy) is 1. The molecule has 3 aromatic heterocycles. The molecule has 4 aromatic rings. The van der Waals surface area contributed by atoms with Gasteiger partial charge in [0.1, 0.15) is 5.69 Å². The molecule has 0 aliphatic rings. The predicted molar refractivity (Wildman–Crippen MR) is 129 cm³/mol. The molecule has 0 radical (unpaired) electrons. The van der Waals surface area contributed by atoms with E-state index in [1.807, 2.05) is 24.3 Å². The number of para-hydroxylation sites is 1.